The second kappa shape index (κ2) is 5.63. The lowest BCUT2D eigenvalue weighted by molar-refractivity contribution is 0.00575. The Morgan fingerprint density at radius 3 is 2.62 bits per heavy atom. The summed E-state index contributed by atoms with van der Waals surface area (Å²) < 4.78 is 0. The minimum Gasteiger partial charge on any atom is -0.389 e. The first-order valence-electron chi connectivity index (χ1n) is 4.95. The first-order valence-corrected chi connectivity index (χ1v) is 5.39. The van der Waals surface area contributed by atoms with E-state index in [1.807, 2.05) is 6.08 Å². The standard InChI is InChI=1S/C10H18ClNO/c11-7-4-8-12-9-10(13)5-2-1-3-6-10/h4,7,12-13H,1-3,5-6,8-9H2/b7-4+. The molecule has 0 unspecified atom stereocenters. The number of hydrogen-bond donors (Lipinski definition) is 2. The van der Waals surface area contributed by atoms with Gasteiger partial charge in [0, 0.05) is 18.6 Å². The molecule has 1 fully saturated rings. The number of hydrogen-bond acceptors (Lipinski definition) is 2. The molecular weight excluding hydrogens is 186 g/mol. The SMILES string of the molecule is OC1(CNC/C=C/Cl)CCCCC1. The summed E-state index contributed by atoms with van der Waals surface area (Å²) in [7, 11) is 0. The number of halogens is 1. The molecule has 13 heavy (non-hydrogen) atoms. The van der Waals surface area contributed by atoms with Gasteiger partial charge in [-0.25, -0.2) is 0 Å². The van der Waals surface area contributed by atoms with Gasteiger partial charge >= 0.3 is 0 Å². The van der Waals surface area contributed by atoms with Crippen LogP contribution in [0.4, 0.5) is 0 Å². The van der Waals surface area contributed by atoms with Crippen LogP contribution in [-0.4, -0.2) is 23.8 Å². The first kappa shape index (κ1) is 11.0. The summed E-state index contributed by atoms with van der Waals surface area (Å²) >= 11 is 5.37. The van der Waals surface area contributed by atoms with Crippen molar-refractivity contribution in [3.05, 3.63) is 11.6 Å². The third-order valence-corrected chi connectivity index (χ3v) is 2.77. The fraction of sp³-hybridized carbons (Fsp3) is 0.800. The van der Waals surface area contributed by atoms with Crippen LogP contribution in [0, 0.1) is 0 Å². The smallest absolute Gasteiger partial charge is 0.0771 e. The van der Waals surface area contributed by atoms with Crippen molar-refractivity contribution in [2.45, 2.75) is 37.7 Å². The van der Waals surface area contributed by atoms with E-state index in [1.54, 1.807) is 0 Å². The van der Waals surface area contributed by atoms with Gasteiger partial charge in [-0.3, -0.25) is 0 Å². The van der Waals surface area contributed by atoms with Gasteiger partial charge in [-0.2, -0.15) is 0 Å². The van der Waals surface area contributed by atoms with E-state index in [-0.39, 0.29) is 0 Å². The van der Waals surface area contributed by atoms with E-state index in [0.29, 0.717) is 6.54 Å². The van der Waals surface area contributed by atoms with Crippen LogP contribution in [-0.2, 0) is 0 Å². The fourth-order valence-electron chi connectivity index (χ4n) is 1.82. The second-order valence-corrected chi connectivity index (χ2v) is 4.03. The lowest BCUT2D eigenvalue weighted by Crippen LogP contribution is -2.42. The molecule has 0 aromatic heterocycles. The van der Waals surface area contributed by atoms with Crippen LogP contribution >= 0.6 is 11.6 Å². The van der Waals surface area contributed by atoms with Gasteiger partial charge in [0.15, 0.2) is 0 Å². The number of aliphatic hydroxyl groups is 1. The van der Waals surface area contributed by atoms with E-state index in [4.69, 9.17) is 11.6 Å². The van der Waals surface area contributed by atoms with Crippen molar-refractivity contribution in [2.24, 2.45) is 0 Å². The van der Waals surface area contributed by atoms with Crippen molar-refractivity contribution >= 4 is 11.6 Å². The summed E-state index contributed by atoms with van der Waals surface area (Å²) in [5.74, 6) is 0. The molecule has 76 valence electrons. The van der Waals surface area contributed by atoms with Gasteiger partial charge < -0.3 is 10.4 Å². The lowest BCUT2D eigenvalue weighted by Gasteiger charge is -2.32. The zero-order chi connectivity index (χ0) is 9.57. The van der Waals surface area contributed by atoms with Gasteiger partial charge in [0.05, 0.1) is 5.60 Å². The summed E-state index contributed by atoms with van der Waals surface area (Å²) in [6, 6.07) is 0. The Morgan fingerprint density at radius 1 is 1.31 bits per heavy atom. The lowest BCUT2D eigenvalue weighted by atomic mass is 9.85. The molecule has 0 aromatic rings. The maximum absolute atomic E-state index is 10.1. The summed E-state index contributed by atoms with van der Waals surface area (Å²) in [6.07, 6.45) is 7.29. The average Bonchev–Trinajstić information content (AvgIpc) is 2.14. The Bertz CT molecular complexity index is 164. The van der Waals surface area contributed by atoms with Crippen LogP contribution in [0.3, 0.4) is 0 Å². The van der Waals surface area contributed by atoms with Crippen LogP contribution in [0.15, 0.2) is 11.6 Å². The monoisotopic (exact) mass is 203 g/mol. The highest BCUT2D eigenvalue weighted by Crippen LogP contribution is 2.27. The van der Waals surface area contributed by atoms with Crippen molar-refractivity contribution in [3.8, 4) is 0 Å². The molecule has 0 bridgehead atoms. The van der Waals surface area contributed by atoms with Crippen LogP contribution in [0.1, 0.15) is 32.1 Å². The van der Waals surface area contributed by atoms with Crippen molar-refractivity contribution < 1.29 is 5.11 Å². The van der Waals surface area contributed by atoms with Crippen molar-refractivity contribution in [3.63, 3.8) is 0 Å². The zero-order valence-corrected chi connectivity index (χ0v) is 8.69. The van der Waals surface area contributed by atoms with Crippen molar-refractivity contribution in [2.75, 3.05) is 13.1 Å². The fourth-order valence-corrected chi connectivity index (χ4v) is 1.91. The number of rotatable bonds is 4. The minimum absolute atomic E-state index is 0.460. The van der Waals surface area contributed by atoms with E-state index in [9.17, 15) is 5.11 Å². The molecule has 0 amide bonds. The van der Waals surface area contributed by atoms with E-state index >= 15 is 0 Å². The largest absolute Gasteiger partial charge is 0.389 e. The Balaban J connectivity index is 2.17. The van der Waals surface area contributed by atoms with Gasteiger partial charge in [-0.1, -0.05) is 36.9 Å². The van der Waals surface area contributed by atoms with Crippen molar-refractivity contribution in [1.82, 2.24) is 5.32 Å². The Morgan fingerprint density at radius 2 is 2.00 bits per heavy atom. The van der Waals surface area contributed by atoms with Crippen LogP contribution < -0.4 is 5.32 Å². The molecule has 0 aliphatic heterocycles. The van der Waals surface area contributed by atoms with Gasteiger partial charge in [-0.15, -0.1) is 0 Å². The van der Waals surface area contributed by atoms with E-state index in [0.717, 1.165) is 32.2 Å². The maximum atomic E-state index is 10.1. The Hall–Kier alpha value is -0.0500. The Kier molecular flexibility index (Phi) is 4.78. The molecule has 0 spiro atoms. The van der Waals surface area contributed by atoms with Crippen molar-refractivity contribution in [1.29, 1.82) is 0 Å². The highest BCUT2D eigenvalue weighted by Gasteiger charge is 2.28. The van der Waals surface area contributed by atoms with E-state index in [2.05, 4.69) is 5.32 Å². The zero-order valence-electron chi connectivity index (χ0n) is 7.93. The topological polar surface area (TPSA) is 32.3 Å². The molecule has 0 atom stereocenters. The molecular formula is C10H18ClNO. The van der Waals surface area contributed by atoms with Gasteiger partial charge in [-0.05, 0) is 12.8 Å². The molecule has 0 saturated heterocycles. The molecule has 0 aromatic carbocycles. The van der Waals surface area contributed by atoms with Crippen LogP contribution in [0.2, 0.25) is 0 Å². The summed E-state index contributed by atoms with van der Waals surface area (Å²) in [5.41, 5.74) is 1.04. The molecule has 2 N–H and O–H groups in total. The molecule has 0 radical (unpaired) electrons. The molecule has 2 nitrogen and oxygen atoms in total. The normalized spacial score (nSPS) is 22.3. The maximum Gasteiger partial charge on any atom is 0.0771 e. The summed E-state index contributed by atoms with van der Waals surface area (Å²) in [5, 5.41) is 13.2. The Labute approximate surface area is 85.0 Å². The summed E-state index contributed by atoms with van der Waals surface area (Å²) in [4.78, 5) is 0. The van der Waals surface area contributed by atoms with Gasteiger partial charge in [0.2, 0.25) is 0 Å². The predicted molar refractivity (Wildman–Crippen MR) is 55.9 cm³/mol. The molecule has 0 heterocycles. The molecule has 3 heteroatoms. The molecule has 1 saturated carbocycles. The number of nitrogens with one attached hydrogen (secondary N) is 1. The predicted octanol–water partition coefficient (Wildman–Crippen LogP) is 2.02. The molecule has 1 aliphatic rings. The quantitative estimate of drug-likeness (QED) is 0.686. The third kappa shape index (κ3) is 4.12. The molecule has 1 rings (SSSR count). The van der Waals surface area contributed by atoms with E-state index in [1.165, 1.54) is 12.0 Å². The van der Waals surface area contributed by atoms with Crippen LogP contribution in [0.25, 0.3) is 0 Å². The third-order valence-electron chi connectivity index (χ3n) is 2.59. The van der Waals surface area contributed by atoms with Crippen LogP contribution in [0.5, 0.6) is 0 Å². The van der Waals surface area contributed by atoms with E-state index < -0.39 is 5.60 Å². The highest BCUT2D eigenvalue weighted by atomic mass is 35.5. The van der Waals surface area contributed by atoms with Gasteiger partial charge in [0.25, 0.3) is 0 Å². The average molecular weight is 204 g/mol. The van der Waals surface area contributed by atoms with Gasteiger partial charge in [0.1, 0.15) is 0 Å². The second-order valence-electron chi connectivity index (χ2n) is 3.78. The molecule has 1 aliphatic carbocycles. The summed E-state index contributed by atoms with van der Waals surface area (Å²) in [6.45, 7) is 1.43. The minimum atomic E-state index is -0.460. The first-order chi connectivity index (χ1) is 6.27. The highest BCUT2D eigenvalue weighted by molar-refractivity contribution is 6.25.